The van der Waals surface area contributed by atoms with Crippen LogP contribution in [0.15, 0.2) is 30.3 Å². The van der Waals surface area contributed by atoms with E-state index in [9.17, 15) is 13.2 Å². The van der Waals surface area contributed by atoms with Gasteiger partial charge in [-0.2, -0.15) is 13.2 Å². The molecule has 0 unspecified atom stereocenters. The second-order valence-electron chi connectivity index (χ2n) is 3.47. The Bertz CT molecular complexity index is 593. The first-order valence-electron chi connectivity index (χ1n) is 4.66. The molecule has 17 heavy (non-hydrogen) atoms. The molecule has 88 valence electrons. The summed E-state index contributed by atoms with van der Waals surface area (Å²) in [4.78, 5) is 4.04. The van der Waals surface area contributed by atoms with Gasteiger partial charge < -0.3 is 5.73 Å². The van der Waals surface area contributed by atoms with Crippen molar-refractivity contribution in [1.82, 2.24) is 4.98 Å². The fourth-order valence-electron chi connectivity index (χ4n) is 1.43. The van der Waals surface area contributed by atoms with Gasteiger partial charge in [0.05, 0.1) is 16.8 Å². The number of halogens is 3. The van der Waals surface area contributed by atoms with Crippen molar-refractivity contribution in [2.75, 3.05) is 0 Å². The first-order valence-corrected chi connectivity index (χ1v) is 5.06. The minimum absolute atomic E-state index is 0.0595. The summed E-state index contributed by atoms with van der Waals surface area (Å²) in [5.74, 6) is 0. The van der Waals surface area contributed by atoms with Gasteiger partial charge in [-0.3, -0.25) is 0 Å². The number of hydrogen-bond donors (Lipinski definition) is 1. The number of pyridine rings is 1. The third-order valence-corrected chi connectivity index (χ3v) is 2.48. The van der Waals surface area contributed by atoms with Crippen molar-refractivity contribution < 1.29 is 13.2 Å². The largest absolute Gasteiger partial charge is 0.416 e. The number of thiocarbonyl (C=S) groups is 1. The van der Waals surface area contributed by atoms with Crippen molar-refractivity contribution in [2.24, 2.45) is 5.73 Å². The van der Waals surface area contributed by atoms with E-state index in [2.05, 4.69) is 4.98 Å². The van der Waals surface area contributed by atoms with Crippen molar-refractivity contribution in [1.29, 1.82) is 0 Å². The van der Waals surface area contributed by atoms with E-state index in [0.29, 0.717) is 11.1 Å². The molecule has 2 aromatic rings. The van der Waals surface area contributed by atoms with Crippen LogP contribution in [0.1, 0.15) is 11.3 Å². The van der Waals surface area contributed by atoms with Gasteiger partial charge in [-0.1, -0.05) is 24.4 Å². The Balaban J connectivity index is 2.62. The molecule has 0 atom stereocenters. The summed E-state index contributed by atoms with van der Waals surface area (Å²) in [6, 6.07) is 6.59. The van der Waals surface area contributed by atoms with E-state index < -0.39 is 11.7 Å². The monoisotopic (exact) mass is 256 g/mol. The molecule has 1 aromatic carbocycles. The summed E-state index contributed by atoms with van der Waals surface area (Å²) in [5, 5.41) is 0.609. The Morgan fingerprint density at radius 3 is 2.41 bits per heavy atom. The molecule has 1 aromatic heterocycles. The lowest BCUT2D eigenvalue weighted by Crippen LogP contribution is -2.11. The van der Waals surface area contributed by atoms with Crippen molar-refractivity contribution >= 4 is 28.1 Å². The molecule has 0 radical (unpaired) electrons. The highest BCUT2D eigenvalue weighted by Gasteiger charge is 2.30. The second kappa shape index (κ2) is 3.96. The summed E-state index contributed by atoms with van der Waals surface area (Å²) < 4.78 is 37.5. The van der Waals surface area contributed by atoms with Gasteiger partial charge in [0.25, 0.3) is 0 Å². The minimum Gasteiger partial charge on any atom is -0.388 e. The molecule has 0 saturated heterocycles. The zero-order chi connectivity index (χ0) is 12.6. The topological polar surface area (TPSA) is 38.9 Å². The fourth-order valence-corrected chi connectivity index (χ4v) is 1.54. The number of aromatic nitrogens is 1. The Kier molecular flexibility index (Phi) is 2.74. The Labute approximate surface area is 100 Å². The van der Waals surface area contributed by atoms with Crippen LogP contribution in [0.2, 0.25) is 0 Å². The van der Waals surface area contributed by atoms with Crippen LogP contribution < -0.4 is 5.73 Å². The zero-order valence-corrected chi connectivity index (χ0v) is 9.27. The van der Waals surface area contributed by atoms with Crippen LogP contribution >= 0.6 is 12.2 Å². The molecule has 6 heteroatoms. The third-order valence-electron chi connectivity index (χ3n) is 2.27. The van der Waals surface area contributed by atoms with Crippen LogP contribution in [0.4, 0.5) is 13.2 Å². The number of hydrogen-bond acceptors (Lipinski definition) is 2. The summed E-state index contributed by atoms with van der Waals surface area (Å²) in [6.45, 7) is 0. The highest BCUT2D eigenvalue weighted by atomic mass is 32.1. The highest BCUT2D eigenvalue weighted by Crippen LogP contribution is 2.30. The van der Waals surface area contributed by atoms with E-state index in [4.69, 9.17) is 18.0 Å². The van der Waals surface area contributed by atoms with Crippen LogP contribution in [0.5, 0.6) is 0 Å². The lowest BCUT2D eigenvalue weighted by atomic mass is 10.1. The molecular formula is C11H7F3N2S. The molecule has 0 aliphatic heterocycles. The normalized spacial score (nSPS) is 11.7. The fraction of sp³-hybridized carbons (Fsp3) is 0.0909. The van der Waals surface area contributed by atoms with Crippen molar-refractivity contribution in [3.8, 4) is 0 Å². The number of benzene rings is 1. The maximum absolute atomic E-state index is 12.5. The van der Waals surface area contributed by atoms with Gasteiger partial charge in [-0.25, -0.2) is 4.98 Å². The number of rotatable bonds is 1. The molecule has 0 aliphatic rings. The van der Waals surface area contributed by atoms with Gasteiger partial charge in [-0.15, -0.1) is 0 Å². The lowest BCUT2D eigenvalue weighted by molar-refractivity contribution is -0.137. The van der Waals surface area contributed by atoms with Crippen molar-refractivity contribution in [2.45, 2.75) is 6.18 Å². The smallest absolute Gasteiger partial charge is 0.388 e. The average Bonchev–Trinajstić information content (AvgIpc) is 2.26. The van der Waals surface area contributed by atoms with Crippen LogP contribution in [-0.2, 0) is 6.18 Å². The summed E-state index contributed by atoms with van der Waals surface area (Å²) in [5.41, 5.74) is 5.18. The molecule has 0 aliphatic carbocycles. The molecule has 0 spiro atoms. The Hall–Kier alpha value is -1.69. The predicted octanol–water partition coefficient (Wildman–Crippen LogP) is 2.89. The summed E-state index contributed by atoms with van der Waals surface area (Å²) >= 11 is 4.72. The number of nitrogens with zero attached hydrogens (tertiary/aromatic N) is 1. The van der Waals surface area contributed by atoms with Crippen LogP contribution in [0, 0.1) is 0 Å². The number of nitrogens with two attached hydrogens (primary N) is 1. The number of fused-ring (bicyclic) bond motifs is 1. The lowest BCUT2D eigenvalue weighted by Gasteiger charge is -2.07. The number of alkyl halides is 3. The first kappa shape index (κ1) is 11.8. The van der Waals surface area contributed by atoms with Crippen LogP contribution in [0.25, 0.3) is 10.9 Å². The summed E-state index contributed by atoms with van der Waals surface area (Å²) in [6.07, 6.45) is -4.38. The van der Waals surface area contributed by atoms with Crippen LogP contribution in [0.3, 0.4) is 0 Å². The first-order chi connectivity index (χ1) is 7.88. The molecule has 2 rings (SSSR count). The molecule has 0 saturated carbocycles. The maximum atomic E-state index is 12.5. The van der Waals surface area contributed by atoms with Gasteiger partial charge in [0, 0.05) is 5.39 Å². The van der Waals surface area contributed by atoms with Crippen LogP contribution in [-0.4, -0.2) is 9.97 Å². The standard InChI is InChI=1S/C11H7F3N2S/c12-11(13,14)7-3-1-6-2-4-8(10(15)17)16-9(6)5-7/h1-5H,(H2,15,17). The third kappa shape index (κ3) is 2.36. The Morgan fingerprint density at radius 1 is 1.18 bits per heavy atom. The van der Waals surface area contributed by atoms with E-state index in [1.165, 1.54) is 6.07 Å². The highest BCUT2D eigenvalue weighted by molar-refractivity contribution is 7.80. The zero-order valence-electron chi connectivity index (χ0n) is 8.45. The molecular weight excluding hydrogens is 249 g/mol. The second-order valence-corrected chi connectivity index (χ2v) is 3.91. The molecule has 0 amide bonds. The predicted molar refractivity (Wildman–Crippen MR) is 62.6 cm³/mol. The molecule has 0 fully saturated rings. The van der Waals surface area contributed by atoms with Crippen molar-refractivity contribution in [3.05, 3.63) is 41.6 Å². The van der Waals surface area contributed by atoms with Gasteiger partial charge in [0.1, 0.15) is 4.99 Å². The minimum atomic E-state index is -4.38. The van der Waals surface area contributed by atoms with E-state index in [1.807, 2.05) is 0 Å². The van der Waals surface area contributed by atoms with Gasteiger partial charge in [0.15, 0.2) is 0 Å². The molecule has 1 heterocycles. The summed E-state index contributed by atoms with van der Waals surface area (Å²) in [7, 11) is 0. The van der Waals surface area contributed by atoms with E-state index in [0.717, 1.165) is 12.1 Å². The quantitative estimate of drug-likeness (QED) is 0.797. The van der Waals surface area contributed by atoms with E-state index in [1.54, 1.807) is 12.1 Å². The SMILES string of the molecule is NC(=S)c1ccc2ccc(C(F)(F)F)cc2n1. The molecule has 0 bridgehead atoms. The molecule has 2 nitrogen and oxygen atoms in total. The Morgan fingerprint density at radius 2 is 1.82 bits per heavy atom. The average molecular weight is 256 g/mol. The van der Waals surface area contributed by atoms with E-state index in [-0.39, 0.29) is 10.5 Å². The van der Waals surface area contributed by atoms with E-state index >= 15 is 0 Å². The van der Waals surface area contributed by atoms with Gasteiger partial charge >= 0.3 is 6.18 Å². The van der Waals surface area contributed by atoms with Crippen molar-refractivity contribution in [3.63, 3.8) is 0 Å². The van der Waals surface area contributed by atoms with Gasteiger partial charge in [0.2, 0.25) is 0 Å². The molecule has 2 N–H and O–H groups in total. The van der Waals surface area contributed by atoms with Gasteiger partial charge in [-0.05, 0) is 18.2 Å². The maximum Gasteiger partial charge on any atom is 0.416 e.